The molecule has 0 aromatic heterocycles. The van der Waals surface area contributed by atoms with Gasteiger partial charge in [0.05, 0.1) is 12.1 Å². The summed E-state index contributed by atoms with van der Waals surface area (Å²) in [4.78, 5) is 0. The van der Waals surface area contributed by atoms with Crippen molar-refractivity contribution < 1.29 is 4.74 Å². The van der Waals surface area contributed by atoms with E-state index in [0.29, 0.717) is 10.8 Å². The minimum absolute atomic E-state index is 0.196. The summed E-state index contributed by atoms with van der Waals surface area (Å²) in [5.41, 5.74) is 2.18. The van der Waals surface area contributed by atoms with Gasteiger partial charge in [0.15, 0.2) is 0 Å². The molecule has 2 aromatic carbocycles. The zero-order valence-corrected chi connectivity index (χ0v) is 13.1. The molecule has 0 aliphatic carbocycles. The predicted octanol–water partition coefficient (Wildman–Crippen LogP) is 5.28. The number of hydrogen-bond donors (Lipinski definition) is 1. The second-order valence-corrected chi connectivity index (χ2v) is 5.59. The molecule has 0 saturated carbocycles. The Kier molecular flexibility index (Phi) is 4.72. The van der Waals surface area contributed by atoms with Crippen LogP contribution < -0.4 is 10.1 Å². The molecule has 4 heteroatoms. The van der Waals surface area contributed by atoms with Crippen LogP contribution in [0.1, 0.15) is 18.5 Å². The Morgan fingerprint density at radius 2 is 2.00 bits per heavy atom. The van der Waals surface area contributed by atoms with Crippen LogP contribution in [0.3, 0.4) is 0 Å². The van der Waals surface area contributed by atoms with Crippen molar-refractivity contribution in [2.45, 2.75) is 13.0 Å². The maximum absolute atomic E-state index is 6.11. The lowest BCUT2D eigenvalue weighted by atomic mass is 10.1. The molecule has 1 atom stereocenters. The highest BCUT2D eigenvalue weighted by Gasteiger charge is 2.07. The number of methoxy groups -OCH3 is 1. The van der Waals surface area contributed by atoms with Gasteiger partial charge < -0.3 is 10.1 Å². The van der Waals surface area contributed by atoms with E-state index in [0.717, 1.165) is 10.2 Å². The van der Waals surface area contributed by atoms with Gasteiger partial charge in [-0.3, -0.25) is 0 Å². The average Bonchev–Trinajstić information content (AvgIpc) is 2.39. The van der Waals surface area contributed by atoms with Crippen molar-refractivity contribution in [3.63, 3.8) is 0 Å². The molecule has 0 saturated heterocycles. The van der Waals surface area contributed by atoms with Crippen molar-refractivity contribution in [3.05, 3.63) is 57.5 Å². The van der Waals surface area contributed by atoms with E-state index in [2.05, 4.69) is 40.3 Å². The zero-order valence-electron chi connectivity index (χ0n) is 10.8. The number of anilines is 1. The minimum Gasteiger partial charge on any atom is -0.495 e. The van der Waals surface area contributed by atoms with E-state index < -0.39 is 0 Å². The molecule has 19 heavy (non-hydrogen) atoms. The van der Waals surface area contributed by atoms with Crippen molar-refractivity contribution in [3.8, 4) is 5.75 Å². The van der Waals surface area contributed by atoms with Crippen LogP contribution in [0.5, 0.6) is 5.75 Å². The van der Waals surface area contributed by atoms with Gasteiger partial charge in [0.2, 0.25) is 0 Å². The monoisotopic (exact) mass is 339 g/mol. The number of halogens is 2. The van der Waals surface area contributed by atoms with Gasteiger partial charge in [0.1, 0.15) is 5.75 Å². The third-order valence-electron chi connectivity index (χ3n) is 2.88. The van der Waals surface area contributed by atoms with Gasteiger partial charge in [0, 0.05) is 16.2 Å². The Balaban J connectivity index is 2.14. The molecule has 1 N–H and O–H groups in total. The van der Waals surface area contributed by atoms with Crippen LogP contribution in [0, 0.1) is 0 Å². The minimum atomic E-state index is 0.196. The normalized spacial score (nSPS) is 12.0. The molecular weight excluding hydrogens is 326 g/mol. The standard InChI is InChI=1S/C15H15BrClNO/c1-10(11-4-3-5-12(16)8-11)18-13-6-7-15(19-2)14(17)9-13/h3-10,18H,1-2H3. The van der Waals surface area contributed by atoms with E-state index in [-0.39, 0.29) is 6.04 Å². The fraction of sp³-hybridized carbons (Fsp3) is 0.200. The quantitative estimate of drug-likeness (QED) is 0.817. The molecule has 1 unspecified atom stereocenters. The number of hydrogen-bond acceptors (Lipinski definition) is 2. The SMILES string of the molecule is COc1ccc(NC(C)c2cccc(Br)c2)cc1Cl. The molecule has 0 spiro atoms. The molecule has 100 valence electrons. The Bertz CT molecular complexity index is 574. The second-order valence-electron chi connectivity index (χ2n) is 4.27. The summed E-state index contributed by atoms with van der Waals surface area (Å²) in [6.45, 7) is 2.11. The van der Waals surface area contributed by atoms with E-state index in [4.69, 9.17) is 16.3 Å². The number of rotatable bonds is 4. The zero-order chi connectivity index (χ0) is 13.8. The Morgan fingerprint density at radius 3 is 2.63 bits per heavy atom. The van der Waals surface area contributed by atoms with Gasteiger partial charge in [-0.2, -0.15) is 0 Å². The topological polar surface area (TPSA) is 21.3 Å². The summed E-state index contributed by atoms with van der Waals surface area (Å²) in [7, 11) is 1.61. The smallest absolute Gasteiger partial charge is 0.137 e. The molecule has 0 radical (unpaired) electrons. The highest BCUT2D eigenvalue weighted by atomic mass is 79.9. The molecule has 0 aliphatic heterocycles. The Morgan fingerprint density at radius 1 is 1.21 bits per heavy atom. The molecule has 0 aliphatic rings. The molecule has 2 nitrogen and oxygen atoms in total. The van der Waals surface area contributed by atoms with Gasteiger partial charge in [-0.25, -0.2) is 0 Å². The molecule has 0 amide bonds. The average molecular weight is 341 g/mol. The van der Waals surface area contributed by atoms with Crippen molar-refractivity contribution in [2.75, 3.05) is 12.4 Å². The third-order valence-corrected chi connectivity index (χ3v) is 3.67. The maximum Gasteiger partial charge on any atom is 0.137 e. The van der Waals surface area contributed by atoms with Gasteiger partial charge in [-0.05, 0) is 42.8 Å². The van der Waals surface area contributed by atoms with E-state index in [1.807, 2.05) is 30.3 Å². The predicted molar refractivity (Wildman–Crippen MR) is 84.2 cm³/mol. The highest BCUT2D eigenvalue weighted by molar-refractivity contribution is 9.10. The lowest BCUT2D eigenvalue weighted by Crippen LogP contribution is -2.06. The van der Waals surface area contributed by atoms with Crippen molar-refractivity contribution in [1.82, 2.24) is 0 Å². The van der Waals surface area contributed by atoms with Crippen LogP contribution in [-0.4, -0.2) is 7.11 Å². The van der Waals surface area contributed by atoms with Gasteiger partial charge in [-0.15, -0.1) is 0 Å². The van der Waals surface area contributed by atoms with Crippen molar-refractivity contribution >= 4 is 33.2 Å². The van der Waals surface area contributed by atoms with Crippen molar-refractivity contribution in [1.29, 1.82) is 0 Å². The van der Waals surface area contributed by atoms with E-state index >= 15 is 0 Å². The molecule has 0 fully saturated rings. The Labute approximate surface area is 126 Å². The van der Waals surface area contributed by atoms with Gasteiger partial charge in [-0.1, -0.05) is 39.7 Å². The molecule has 2 aromatic rings. The first-order valence-corrected chi connectivity index (χ1v) is 7.13. The molecule has 0 bridgehead atoms. The van der Waals surface area contributed by atoms with Crippen LogP contribution >= 0.6 is 27.5 Å². The van der Waals surface area contributed by atoms with Crippen LogP contribution in [0.15, 0.2) is 46.9 Å². The summed E-state index contributed by atoms with van der Waals surface area (Å²) in [5, 5.41) is 4.02. The van der Waals surface area contributed by atoms with Crippen LogP contribution in [0.25, 0.3) is 0 Å². The van der Waals surface area contributed by atoms with Crippen LogP contribution in [0.4, 0.5) is 5.69 Å². The van der Waals surface area contributed by atoms with E-state index in [1.165, 1.54) is 5.56 Å². The van der Waals surface area contributed by atoms with Crippen LogP contribution in [0.2, 0.25) is 5.02 Å². The molecule has 2 rings (SSSR count). The summed E-state index contributed by atoms with van der Waals surface area (Å²) in [5.74, 6) is 0.683. The van der Waals surface area contributed by atoms with Gasteiger partial charge >= 0.3 is 0 Å². The summed E-state index contributed by atoms with van der Waals surface area (Å²) in [6.07, 6.45) is 0. The lowest BCUT2D eigenvalue weighted by molar-refractivity contribution is 0.415. The molecule has 0 heterocycles. The first-order chi connectivity index (χ1) is 9.10. The fourth-order valence-corrected chi connectivity index (χ4v) is 2.54. The number of ether oxygens (including phenoxy) is 1. The van der Waals surface area contributed by atoms with E-state index in [1.54, 1.807) is 7.11 Å². The largest absolute Gasteiger partial charge is 0.495 e. The fourth-order valence-electron chi connectivity index (χ4n) is 1.87. The van der Waals surface area contributed by atoms with Gasteiger partial charge in [0.25, 0.3) is 0 Å². The highest BCUT2D eigenvalue weighted by Crippen LogP contribution is 2.29. The maximum atomic E-state index is 6.11. The lowest BCUT2D eigenvalue weighted by Gasteiger charge is -2.16. The molecular formula is C15H15BrClNO. The summed E-state index contributed by atoms with van der Waals surface area (Å²) in [6, 6.07) is 14.1. The first kappa shape index (κ1) is 14.2. The number of benzene rings is 2. The summed E-state index contributed by atoms with van der Waals surface area (Å²) >= 11 is 9.59. The second kappa shape index (κ2) is 6.31. The van der Waals surface area contributed by atoms with Crippen molar-refractivity contribution in [2.24, 2.45) is 0 Å². The van der Waals surface area contributed by atoms with E-state index in [9.17, 15) is 0 Å². The number of nitrogens with one attached hydrogen (secondary N) is 1. The van der Waals surface area contributed by atoms with Crippen LogP contribution in [-0.2, 0) is 0 Å². The third kappa shape index (κ3) is 3.64. The first-order valence-electron chi connectivity index (χ1n) is 5.95. The Hall–Kier alpha value is -1.19. The summed E-state index contributed by atoms with van der Waals surface area (Å²) < 4.78 is 6.21.